The Morgan fingerprint density at radius 1 is 0.979 bits per heavy atom. The van der Waals surface area contributed by atoms with Gasteiger partial charge in [0.1, 0.15) is 17.9 Å². The van der Waals surface area contributed by atoms with Gasteiger partial charge in [-0.3, -0.25) is 19.2 Å². The van der Waals surface area contributed by atoms with Crippen molar-refractivity contribution in [2.45, 2.75) is 116 Å². The normalized spacial score (nSPS) is 25.8. The van der Waals surface area contributed by atoms with Crippen LogP contribution in [0.25, 0.3) is 11.3 Å². The number of aryl methyl sites for hydroxylation is 2. The van der Waals surface area contributed by atoms with Crippen LogP contribution in [0.4, 0.5) is 5.82 Å². The van der Waals surface area contributed by atoms with E-state index < -0.39 is 5.97 Å². The van der Waals surface area contributed by atoms with Gasteiger partial charge in [-0.25, -0.2) is 9.97 Å². The summed E-state index contributed by atoms with van der Waals surface area (Å²) in [5.74, 6) is 1.00. The predicted molar refractivity (Wildman–Crippen MR) is 183 cm³/mol. The molecule has 47 heavy (non-hydrogen) atoms. The van der Waals surface area contributed by atoms with E-state index in [1.54, 1.807) is 13.4 Å². The molecule has 1 N–H and O–H groups in total. The van der Waals surface area contributed by atoms with E-state index in [4.69, 9.17) is 9.72 Å². The smallest absolute Gasteiger partial charge is 0.303 e. The van der Waals surface area contributed by atoms with Crippen molar-refractivity contribution in [1.29, 1.82) is 0 Å². The third kappa shape index (κ3) is 6.68. The molecule has 1 aromatic carbocycles. The van der Waals surface area contributed by atoms with E-state index in [1.165, 1.54) is 16.7 Å². The second-order valence-electron chi connectivity index (χ2n) is 15.8. The first-order chi connectivity index (χ1) is 22.3. The van der Waals surface area contributed by atoms with Crippen LogP contribution in [0.3, 0.4) is 0 Å². The molecule has 0 atom stereocenters. The van der Waals surface area contributed by atoms with E-state index >= 15 is 0 Å². The fourth-order valence-electron chi connectivity index (χ4n) is 8.67. The number of aromatic nitrogens is 4. The van der Waals surface area contributed by atoms with Gasteiger partial charge >= 0.3 is 5.97 Å². The van der Waals surface area contributed by atoms with Crippen LogP contribution in [0.5, 0.6) is 5.75 Å². The summed E-state index contributed by atoms with van der Waals surface area (Å²) in [6.45, 7) is 11.3. The molecule has 9 heteroatoms. The Kier molecular flexibility index (Phi) is 8.96. The lowest BCUT2D eigenvalue weighted by Crippen LogP contribution is -2.52. The fraction of sp³-hybridized carbons (Fsp3) is 0.605. The summed E-state index contributed by atoms with van der Waals surface area (Å²) in [5.41, 5.74) is 5.53. The number of methoxy groups -OCH3 is 1. The van der Waals surface area contributed by atoms with Crippen LogP contribution >= 0.6 is 0 Å². The molecule has 2 bridgehead atoms. The third-order valence-electron chi connectivity index (χ3n) is 11.6. The molecule has 1 amide bonds. The number of carbonyl (C=O) groups is 2. The lowest BCUT2D eigenvalue weighted by Gasteiger charge is -2.55. The summed E-state index contributed by atoms with van der Waals surface area (Å²) in [7, 11) is 1.75. The number of carboxylic acid groups (broad SMARTS) is 1. The fourth-order valence-corrected chi connectivity index (χ4v) is 8.67. The van der Waals surface area contributed by atoms with Gasteiger partial charge in [0.2, 0.25) is 5.91 Å². The van der Waals surface area contributed by atoms with Crippen molar-refractivity contribution in [1.82, 2.24) is 19.7 Å². The highest BCUT2D eigenvalue weighted by Crippen LogP contribution is 2.58. The highest BCUT2D eigenvalue weighted by molar-refractivity contribution is 5.94. The van der Waals surface area contributed by atoms with Gasteiger partial charge in [0.15, 0.2) is 0 Å². The molecular formula is C38H51N5O4. The molecule has 2 heterocycles. The number of ether oxygens (including phenoxy) is 1. The number of hydrogen-bond donors (Lipinski definition) is 1. The molecule has 0 aliphatic heterocycles. The maximum atomic E-state index is 14.5. The van der Waals surface area contributed by atoms with Gasteiger partial charge in [-0.2, -0.15) is 5.10 Å². The summed E-state index contributed by atoms with van der Waals surface area (Å²) in [6.07, 6.45) is 15.1. The summed E-state index contributed by atoms with van der Waals surface area (Å²) in [6, 6.07) is 6.63. The van der Waals surface area contributed by atoms with Gasteiger partial charge < -0.3 is 9.84 Å². The Bertz CT molecular complexity index is 1580. The molecule has 7 rings (SSSR count). The van der Waals surface area contributed by atoms with Crippen molar-refractivity contribution in [2.75, 3.05) is 18.6 Å². The van der Waals surface area contributed by atoms with Crippen molar-refractivity contribution in [3.05, 3.63) is 53.6 Å². The Morgan fingerprint density at radius 2 is 1.62 bits per heavy atom. The van der Waals surface area contributed by atoms with Gasteiger partial charge in [0.05, 0.1) is 24.5 Å². The molecule has 0 saturated heterocycles. The van der Waals surface area contributed by atoms with Crippen molar-refractivity contribution < 1.29 is 19.4 Å². The molecule has 4 aliphatic rings. The molecule has 9 nitrogen and oxygen atoms in total. The molecule has 3 aromatic rings. The summed E-state index contributed by atoms with van der Waals surface area (Å²) in [5, 5.41) is 13.9. The van der Waals surface area contributed by atoms with Crippen LogP contribution in [-0.2, 0) is 20.5 Å². The standard InChI is InChI=1S/C38H51N5O4/c1-25-17-30(18-26(2)34(25)47-6)38-14-11-37(12-15-38,13-16-38)23-42(35(46)28-9-7-27(8-10-28)19-33(44)45)32-20-31(39-24-40-32)29-21-41-43(22-29)36(3,4)5/h17-18,20-22,24,27-28H,7-16,19,23H2,1-6H3,(H,44,45). The lowest BCUT2D eigenvalue weighted by atomic mass is 9.51. The van der Waals surface area contributed by atoms with Crippen LogP contribution < -0.4 is 9.64 Å². The second-order valence-corrected chi connectivity index (χ2v) is 15.8. The highest BCUT2D eigenvalue weighted by atomic mass is 16.5. The van der Waals surface area contributed by atoms with Crippen LogP contribution in [0.1, 0.15) is 108 Å². The van der Waals surface area contributed by atoms with E-state index in [2.05, 4.69) is 56.8 Å². The Labute approximate surface area is 279 Å². The van der Waals surface area contributed by atoms with E-state index in [0.29, 0.717) is 12.4 Å². The molecule has 0 spiro atoms. The van der Waals surface area contributed by atoms with Crippen molar-refractivity contribution in [2.24, 2.45) is 17.3 Å². The Hall–Kier alpha value is -3.75. The summed E-state index contributed by atoms with van der Waals surface area (Å²) >= 11 is 0. The largest absolute Gasteiger partial charge is 0.496 e. The van der Waals surface area contributed by atoms with Crippen LogP contribution in [0, 0.1) is 31.1 Å². The number of amides is 1. The number of carbonyl (C=O) groups excluding carboxylic acids is 1. The molecule has 4 fully saturated rings. The van der Waals surface area contributed by atoms with Gasteiger partial charge in [0.25, 0.3) is 0 Å². The van der Waals surface area contributed by atoms with Crippen LogP contribution in [0.2, 0.25) is 0 Å². The minimum atomic E-state index is -0.755. The topological polar surface area (TPSA) is 110 Å². The zero-order chi connectivity index (χ0) is 33.6. The average Bonchev–Trinajstić information content (AvgIpc) is 3.56. The van der Waals surface area contributed by atoms with E-state index in [1.807, 2.05) is 28.0 Å². The maximum Gasteiger partial charge on any atom is 0.303 e. The minimum Gasteiger partial charge on any atom is -0.496 e. The molecule has 0 radical (unpaired) electrons. The van der Waals surface area contributed by atoms with Crippen molar-refractivity contribution in [3.63, 3.8) is 0 Å². The lowest BCUT2D eigenvalue weighted by molar-refractivity contribution is -0.138. The number of anilines is 1. The van der Waals surface area contributed by atoms with Gasteiger partial charge in [-0.05, 0) is 132 Å². The van der Waals surface area contributed by atoms with Gasteiger partial charge in [0, 0.05) is 36.7 Å². The average molecular weight is 642 g/mol. The number of carboxylic acids is 1. The number of fused-ring (bicyclic) bond motifs is 3. The Morgan fingerprint density at radius 3 is 2.17 bits per heavy atom. The minimum absolute atomic E-state index is 0.0384. The van der Waals surface area contributed by atoms with E-state index in [9.17, 15) is 14.7 Å². The first-order valence-electron chi connectivity index (χ1n) is 17.4. The van der Waals surface area contributed by atoms with Gasteiger partial charge in [-0.1, -0.05) is 12.1 Å². The molecular weight excluding hydrogens is 590 g/mol. The number of hydrogen-bond acceptors (Lipinski definition) is 6. The second kappa shape index (κ2) is 12.7. The maximum absolute atomic E-state index is 14.5. The quantitative estimate of drug-likeness (QED) is 0.256. The number of benzene rings is 1. The molecule has 0 unspecified atom stereocenters. The molecule has 4 saturated carbocycles. The van der Waals surface area contributed by atoms with Gasteiger partial charge in [-0.15, -0.1) is 0 Å². The number of aliphatic carboxylic acids is 1. The van der Waals surface area contributed by atoms with Crippen LogP contribution in [0.15, 0.2) is 36.9 Å². The number of rotatable bonds is 9. The molecule has 4 aliphatic carbocycles. The summed E-state index contributed by atoms with van der Waals surface area (Å²) in [4.78, 5) is 37.1. The first kappa shape index (κ1) is 33.2. The first-order valence-corrected chi connectivity index (χ1v) is 17.4. The molecule has 252 valence electrons. The molecule has 2 aromatic heterocycles. The number of nitrogens with zero attached hydrogens (tertiary/aromatic N) is 5. The van der Waals surface area contributed by atoms with E-state index in [0.717, 1.165) is 81.2 Å². The summed E-state index contributed by atoms with van der Waals surface area (Å²) < 4.78 is 7.60. The predicted octanol–water partition coefficient (Wildman–Crippen LogP) is 7.63. The zero-order valence-corrected chi connectivity index (χ0v) is 29.0. The Balaban J connectivity index is 1.26. The SMILES string of the molecule is COc1c(C)cc(C23CCC(CN(C(=O)C4CCC(CC(=O)O)CC4)c4cc(-c5cnn(C(C)(C)C)c5)ncn4)(CC2)CC3)cc1C. The van der Waals surface area contributed by atoms with Crippen molar-refractivity contribution in [3.8, 4) is 17.0 Å². The monoisotopic (exact) mass is 641 g/mol. The van der Waals surface area contributed by atoms with E-state index in [-0.39, 0.29) is 40.5 Å². The highest BCUT2D eigenvalue weighted by Gasteiger charge is 2.51. The van der Waals surface area contributed by atoms with Crippen molar-refractivity contribution >= 4 is 17.7 Å². The van der Waals surface area contributed by atoms with Crippen LogP contribution in [-0.4, -0.2) is 50.4 Å². The third-order valence-corrected chi connectivity index (χ3v) is 11.6. The zero-order valence-electron chi connectivity index (χ0n) is 29.0.